The van der Waals surface area contributed by atoms with Crippen LogP contribution in [-0.2, 0) is 0 Å². The Labute approximate surface area is 64.8 Å². The fourth-order valence-corrected chi connectivity index (χ4v) is 0.417. The number of hydrogen-bond donors (Lipinski definition) is 2. The lowest BCUT2D eigenvalue weighted by Crippen LogP contribution is -2.41. The van der Waals surface area contributed by atoms with E-state index in [2.05, 4.69) is 0 Å². The lowest BCUT2D eigenvalue weighted by Gasteiger charge is -2.20. The van der Waals surface area contributed by atoms with Gasteiger partial charge < -0.3 is 10.8 Å². The van der Waals surface area contributed by atoms with E-state index in [-0.39, 0.29) is 12.4 Å². The van der Waals surface area contributed by atoms with Crippen molar-refractivity contribution in [1.82, 2.24) is 0 Å². The topological polar surface area (TPSA) is 46.2 Å². The number of aliphatic hydroxyl groups is 1. The van der Waals surface area contributed by atoms with Crippen LogP contribution >= 0.6 is 12.4 Å². The Morgan fingerprint density at radius 2 is 2.00 bits per heavy atom. The maximum absolute atomic E-state index is 11.5. The zero-order chi connectivity index (χ0) is 7.49. The molecule has 0 fully saturated rings. The van der Waals surface area contributed by atoms with Crippen molar-refractivity contribution in [3.05, 3.63) is 0 Å². The molecule has 2 nitrogen and oxygen atoms in total. The first-order valence-corrected chi connectivity index (χ1v) is 2.66. The molecule has 0 unspecified atom stereocenters. The molecular formula is C5H12ClF2NO. The van der Waals surface area contributed by atoms with Gasteiger partial charge in [0.25, 0.3) is 0 Å². The Kier molecular flexibility index (Phi) is 6.13. The number of alkyl halides is 2. The van der Waals surface area contributed by atoms with Gasteiger partial charge in [0.1, 0.15) is 0 Å². The average molecular weight is 176 g/mol. The summed E-state index contributed by atoms with van der Waals surface area (Å²) in [6, 6.07) is 0. The Bertz CT molecular complexity index is 89.7. The molecule has 0 bridgehead atoms. The lowest BCUT2D eigenvalue weighted by atomic mass is 10.0. The van der Waals surface area contributed by atoms with E-state index in [0.717, 1.165) is 0 Å². The van der Waals surface area contributed by atoms with Crippen molar-refractivity contribution < 1.29 is 13.9 Å². The minimum Gasteiger partial charge on any atom is -0.394 e. The molecule has 0 spiro atoms. The molecule has 0 aromatic rings. The molecule has 3 N–H and O–H groups in total. The minimum absolute atomic E-state index is 0. The maximum atomic E-state index is 11.5. The van der Waals surface area contributed by atoms with Gasteiger partial charge in [0.05, 0.1) is 6.61 Å². The van der Waals surface area contributed by atoms with E-state index in [1.54, 1.807) is 0 Å². The van der Waals surface area contributed by atoms with Crippen LogP contribution in [0.4, 0.5) is 8.78 Å². The molecule has 0 aromatic heterocycles. The largest absolute Gasteiger partial charge is 0.394 e. The second-order valence-corrected chi connectivity index (χ2v) is 2.41. The molecule has 5 heteroatoms. The van der Waals surface area contributed by atoms with Gasteiger partial charge in [-0.05, 0) is 6.92 Å². The third kappa shape index (κ3) is 6.19. The highest BCUT2D eigenvalue weighted by atomic mass is 35.5. The lowest BCUT2D eigenvalue weighted by molar-refractivity contribution is 0.0845. The van der Waals surface area contributed by atoms with Crippen LogP contribution in [0.2, 0.25) is 0 Å². The van der Waals surface area contributed by atoms with Crippen molar-refractivity contribution in [2.45, 2.75) is 25.3 Å². The van der Waals surface area contributed by atoms with Crippen LogP contribution in [0.3, 0.4) is 0 Å². The molecule has 0 radical (unpaired) electrons. The summed E-state index contributed by atoms with van der Waals surface area (Å²) in [6.45, 7) is 0.983. The molecular weight excluding hydrogens is 164 g/mol. The van der Waals surface area contributed by atoms with E-state index in [9.17, 15) is 8.78 Å². The highest BCUT2D eigenvalue weighted by Crippen LogP contribution is 2.10. The Hall–Kier alpha value is 0.0700. The smallest absolute Gasteiger partial charge is 0.240 e. The molecule has 0 aliphatic rings. The molecule has 0 amide bonds. The highest BCUT2D eigenvalue weighted by molar-refractivity contribution is 5.85. The Morgan fingerprint density at radius 1 is 1.60 bits per heavy atom. The first kappa shape index (κ1) is 12.7. The van der Waals surface area contributed by atoms with Crippen molar-refractivity contribution in [3.8, 4) is 0 Å². The standard InChI is InChI=1S/C5H11F2NO.ClH/c1-5(8,3-9)2-4(6)7;/h4,9H,2-3,8H2,1H3;1H/t5-;/m0./s1. The molecule has 0 aromatic carbocycles. The number of rotatable bonds is 3. The monoisotopic (exact) mass is 175 g/mol. The van der Waals surface area contributed by atoms with Crippen LogP contribution < -0.4 is 5.73 Å². The van der Waals surface area contributed by atoms with Crippen molar-refractivity contribution in [3.63, 3.8) is 0 Å². The molecule has 0 aliphatic heterocycles. The van der Waals surface area contributed by atoms with Gasteiger partial charge in [0.2, 0.25) is 6.43 Å². The van der Waals surface area contributed by atoms with Gasteiger partial charge in [-0.3, -0.25) is 0 Å². The second kappa shape index (κ2) is 4.82. The van der Waals surface area contributed by atoms with Gasteiger partial charge in [0.15, 0.2) is 0 Å². The number of hydrogen-bond acceptors (Lipinski definition) is 2. The predicted molar refractivity (Wildman–Crippen MR) is 37.5 cm³/mol. The molecule has 10 heavy (non-hydrogen) atoms. The van der Waals surface area contributed by atoms with Crippen molar-refractivity contribution in [2.75, 3.05) is 6.61 Å². The third-order valence-electron chi connectivity index (χ3n) is 0.982. The predicted octanol–water partition coefficient (Wildman–Crippen LogP) is 0.773. The van der Waals surface area contributed by atoms with Crippen LogP contribution in [0.5, 0.6) is 0 Å². The minimum atomic E-state index is -2.44. The second-order valence-electron chi connectivity index (χ2n) is 2.41. The molecule has 0 rings (SSSR count). The highest BCUT2D eigenvalue weighted by Gasteiger charge is 2.21. The van der Waals surface area contributed by atoms with E-state index in [1.807, 2.05) is 0 Å². The molecule has 0 aliphatic carbocycles. The van der Waals surface area contributed by atoms with Gasteiger partial charge >= 0.3 is 0 Å². The maximum Gasteiger partial charge on any atom is 0.240 e. The summed E-state index contributed by atoms with van der Waals surface area (Å²) < 4.78 is 23.1. The fourth-order valence-electron chi connectivity index (χ4n) is 0.417. The van der Waals surface area contributed by atoms with Gasteiger partial charge in [-0.2, -0.15) is 0 Å². The van der Waals surface area contributed by atoms with Gasteiger partial charge in [-0.25, -0.2) is 8.78 Å². The summed E-state index contributed by atoms with van der Waals surface area (Å²) in [5.74, 6) is 0. The van der Waals surface area contributed by atoms with Crippen LogP contribution in [0.1, 0.15) is 13.3 Å². The molecule has 0 heterocycles. The number of halogens is 3. The zero-order valence-corrected chi connectivity index (χ0v) is 6.50. The van der Waals surface area contributed by atoms with Gasteiger partial charge in [-0.15, -0.1) is 12.4 Å². The number of aliphatic hydroxyl groups excluding tert-OH is 1. The summed E-state index contributed by atoms with van der Waals surface area (Å²) in [5, 5.41) is 8.38. The summed E-state index contributed by atoms with van der Waals surface area (Å²) >= 11 is 0. The van der Waals surface area contributed by atoms with E-state index in [4.69, 9.17) is 10.8 Å². The average Bonchev–Trinajstić information content (AvgIpc) is 1.63. The summed E-state index contributed by atoms with van der Waals surface area (Å²) in [4.78, 5) is 0. The fraction of sp³-hybridized carbons (Fsp3) is 1.00. The van der Waals surface area contributed by atoms with E-state index < -0.39 is 25.0 Å². The van der Waals surface area contributed by atoms with Crippen molar-refractivity contribution in [2.24, 2.45) is 5.73 Å². The SMILES string of the molecule is C[C@@](N)(CO)CC(F)F.Cl. The molecule has 0 saturated heterocycles. The quantitative estimate of drug-likeness (QED) is 0.666. The summed E-state index contributed by atoms with van der Waals surface area (Å²) in [7, 11) is 0. The molecule has 0 saturated carbocycles. The normalized spacial score (nSPS) is 16.2. The zero-order valence-electron chi connectivity index (χ0n) is 5.68. The first-order valence-electron chi connectivity index (χ1n) is 2.66. The van der Waals surface area contributed by atoms with E-state index in [1.165, 1.54) is 6.92 Å². The van der Waals surface area contributed by atoms with Gasteiger partial charge in [0, 0.05) is 12.0 Å². The van der Waals surface area contributed by atoms with Crippen LogP contribution in [0.25, 0.3) is 0 Å². The van der Waals surface area contributed by atoms with Crippen LogP contribution in [-0.4, -0.2) is 23.7 Å². The van der Waals surface area contributed by atoms with Crippen LogP contribution in [0.15, 0.2) is 0 Å². The first-order chi connectivity index (χ1) is 3.98. The van der Waals surface area contributed by atoms with Crippen molar-refractivity contribution in [1.29, 1.82) is 0 Å². The van der Waals surface area contributed by atoms with Crippen molar-refractivity contribution >= 4 is 12.4 Å². The van der Waals surface area contributed by atoms with Crippen LogP contribution in [0, 0.1) is 0 Å². The Morgan fingerprint density at radius 3 is 2.10 bits per heavy atom. The third-order valence-corrected chi connectivity index (χ3v) is 0.982. The van der Waals surface area contributed by atoms with Gasteiger partial charge in [-0.1, -0.05) is 0 Å². The number of nitrogens with two attached hydrogens (primary N) is 1. The van der Waals surface area contributed by atoms with E-state index >= 15 is 0 Å². The summed E-state index contributed by atoms with van der Waals surface area (Å²) in [6.07, 6.45) is -2.89. The molecule has 1 atom stereocenters. The van der Waals surface area contributed by atoms with E-state index in [0.29, 0.717) is 0 Å². The Balaban J connectivity index is 0. The summed E-state index contributed by atoms with van der Waals surface area (Å²) in [5.41, 5.74) is 4.06. The molecule has 64 valence electrons.